The second kappa shape index (κ2) is 11.4. The summed E-state index contributed by atoms with van der Waals surface area (Å²) in [7, 11) is 3.60. The molecule has 6 nitrogen and oxygen atoms in total. The Morgan fingerprint density at radius 2 is 1.97 bits per heavy atom. The van der Waals surface area contributed by atoms with E-state index < -0.39 is 0 Å². The van der Waals surface area contributed by atoms with Gasteiger partial charge >= 0.3 is 0 Å². The minimum absolute atomic E-state index is 0. The molecule has 29 heavy (non-hydrogen) atoms. The van der Waals surface area contributed by atoms with Gasteiger partial charge in [-0.2, -0.15) is 0 Å². The van der Waals surface area contributed by atoms with Crippen molar-refractivity contribution in [1.82, 2.24) is 14.8 Å². The van der Waals surface area contributed by atoms with Gasteiger partial charge in [0.05, 0.1) is 24.0 Å². The molecule has 1 aliphatic heterocycles. The van der Waals surface area contributed by atoms with Crippen LogP contribution < -0.4 is 9.64 Å². The first kappa shape index (κ1) is 23.4. The van der Waals surface area contributed by atoms with Crippen LogP contribution >= 0.6 is 23.7 Å². The summed E-state index contributed by atoms with van der Waals surface area (Å²) in [6.07, 6.45) is 3.72. The van der Waals surface area contributed by atoms with Gasteiger partial charge in [0.25, 0.3) is 5.91 Å². The van der Waals surface area contributed by atoms with Crippen LogP contribution in [0.4, 0.5) is 5.69 Å². The summed E-state index contributed by atoms with van der Waals surface area (Å²) < 4.78 is 5.49. The molecule has 0 radical (unpaired) electrons. The third-order valence-electron chi connectivity index (χ3n) is 5.12. The van der Waals surface area contributed by atoms with Crippen LogP contribution in [0.5, 0.6) is 5.75 Å². The number of thiazole rings is 1. The third-order valence-corrected chi connectivity index (χ3v) is 6.17. The lowest BCUT2D eigenvalue weighted by atomic mass is 10.2. The van der Waals surface area contributed by atoms with Crippen molar-refractivity contribution >= 4 is 35.3 Å². The van der Waals surface area contributed by atoms with E-state index in [1.807, 2.05) is 24.1 Å². The summed E-state index contributed by atoms with van der Waals surface area (Å²) in [4.78, 5) is 24.3. The molecule has 1 saturated heterocycles. The summed E-state index contributed by atoms with van der Waals surface area (Å²) >= 11 is 1.52. The van der Waals surface area contributed by atoms with Crippen LogP contribution in [0.25, 0.3) is 0 Å². The number of halogens is 1. The summed E-state index contributed by atoms with van der Waals surface area (Å²) in [5, 5.41) is 1.05. The lowest BCUT2D eigenvalue weighted by Crippen LogP contribution is -2.48. The van der Waals surface area contributed by atoms with Gasteiger partial charge in [-0.15, -0.1) is 23.7 Å². The number of hydrogen-bond donors (Lipinski definition) is 0. The highest BCUT2D eigenvalue weighted by Gasteiger charge is 2.21. The molecular weight excluding hydrogens is 408 g/mol. The minimum Gasteiger partial charge on any atom is -0.495 e. The van der Waals surface area contributed by atoms with Gasteiger partial charge in [0, 0.05) is 46.3 Å². The number of para-hydroxylation sites is 2. The van der Waals surface area contributed by atoms with Crippen molar-refractivity contribution in [1.29, 1.82) is 0 Å². The highest BCUT2D eigenvalue weighted by Crippen LogP contribution is 2.28. The molecular formula is C21H31ClN4O2S. The zero-order chi connectivity index (χ0) is 19.9. The van der Waals surface area contributed by atoms with Crippen LogP contribution in [0.3, 0.4) is 0 Å². The second-order valence-corrected chi connectivity index (χ2v) is 8.21. The van der Waals surface area contributed by atoms with Gasteiger partial charge in [-0.3, -0.25) is 9.69 Å². The number of aryl methyl sites for hydroxylation is 1. The molecule has 3 rings (SSSR count). The van der Waals surface area contributed by atoms with Crippen LogP contribution in [-0.2, 0) is 6.42 Å². The number of ether oxygens (including phenoxy) is 1. The van der Waals surface area contributed by atoms with E-state index in [0.717, 1.165) is 73.4 Å². The first-order valence-corrected chi connectivity index (χ1v) is 10.7. The van der Waals surface area contributed by atoms with Crippen molar-refractivity contribution in [2.24, 2.45) is 0 Å². The number of methoxy groups -OCH3 is 1. The van der Waals surface area contributed by atoms with E-state index in [4.69, 9.17) is 4.74 Å². The molecule has 1 aliphatic rings. The van der Waals surface area contributed by atoms with Crippen molar-refractivity contribution in [3.05, 3.63) is 40.3 Å². The molecule has 160 valence electrons. The van der Waals surface area contributed by atoms with Gasteiger partial charge in [0.15, 0.2) is 0 Å². The molecule has 8 heteroatoms. The number of benzene rings is 1. The van der Waals surface area contributed by atoms with Gasteiger partial charge in [-0.25, -0.2) is 4.98 Å². The van der Waals surface area contributed by atoms with E-state index in [9.17, 15) is 4.79 Å². The molecule has 0 spiro atoms. The number of nitrogens with zero attached hydrogens (tertiary/aromatic N) is 4. The summed E-state index contributed by atoms with van der Waals surface area (Å²) in [5.74, 6) is 1.00. The number of hydrogen-bond acceptors (Lipinski definition) is 6. The van der Waals surface area contributed by atoms with Crippen molar-refractivity contribution in [2.75, 3.05) is 58.3 Å². The highest BCUT2D eigenvalue weighted by atomic mass is 35.5. The zero-order valence-electron chi connectivity index (χ0n) is 17.5. The Labute approximate surface area is 183 Å². The number of anilines is 1. The van der Waals surface area contributed by atoms with E-state index in [0.29, 0.717) is 0 Å². The fourth-order valence-electron chi connectivity index (χ4n) is 3.42. The summed E-state index contributed by atoms with van der Waals surface area (Å²) in [6, 6.07) is 8.17. The maximum atomic E-state index is 12.6. The van der Waals surface area contributed by atoms with Gasteiger partial charge in [0.1, 0.15) is 10.6 Å². The molecule has 1 amide bonds. The molecule has 1 aromatic carbocycles. The number of rotatable bonds is 8. The molecule has 0 atom stereocenters. The summed E-state index contributed by atoms with van der Waals surface area (Å²) in [6.45, 7) is 7.66. The highest BCUT2D eigenvalue weighted by molar-refractivity contribution is 7.13. The molecule has 2 aromatic rings. The number of likely N-dealkylation sites (N-methyl/N-ethyl adjacent to an activating group) is 1. The maximum absolute atomic E-state index is 12.6. The van der Waals surface area contributed by atoms with Crippen LogP contribution in [0.2, 0.25) is 0 Å². The lowest BCUT2D eigenvalue weighted by molar-refractivity contribution is 0.0781. The Hall–Kier alpha value is -1.83. The minimum atomic E-state index is 0. The Morgan fingerprint density at radius 1 is 1.24 bits per heavy atom. The van der Waals surface area contributed by atoms with Crippen LogP contribution in [0.1, 0.15) is 28.0 Å². The Kier molecular flexibility index (Phi) is 9.20. The number of carbonyl (C=O) groups is 1. The molecule has 0 aliphatic carbocycles. The number of carbonyl (C=O) groups excluding carboxylic acids is 1. The average Bonchev–Trinajstić information content (AvgIpc) is 3.20. The molecule has 0 bridgehead atoms. The Balaban J connectivity index is 0.00000300. The van der Waals surface area contributed by atoms with Crippen LogP contribution in [0, 0.1) is 0 Å². The van der Waals surface area contributed by atoms with E-state index in [1.54, 1.807) is 13.3 Å². The lowest BCUT2D eigenvalue weighted by Gasteiger charge is -2.37. The van der Waals surface area contributed by atoms with E-state index in [2.05, 4.69) is 33.8 Å². The van der Waals surface area contributed by atoms with Crippen molar-refractivity contribution < 1.29 is 9.53 Å². The van der Waals surface area contributed by atoms with Gasteiger partial charge in [0.2, 0.25) is 0 Å². The smallest absolute Gasteiger partial charge is 0.265 e. The Morgan fingerprint density at radius 3 is 2.66 bits per heavy atom. The monoisotopic (exact) mass is 438 g/mol. The quantitative estimate of drug-likeness (QED) is 0.632. The fourth-order valence-corrected chi connectivity index (χ4v) is 4.44. The normalized spacial score (nSPS) is 14.4. The standard InChI is InChI=1S/C21H30N4O2S.ClH/c1-4-7-20-22-16-19(28-20)21(26)23(2)10-11-24-12-14-25(15-13-24)17-8-5-6-9-18(17)27-3;/h5-6,8-9,16H,4,7,10-15H2,1-3H3;1H. The first-order chi connectivity index (χ1) is 13.6. The second-order valence-electron chi connectivity index (χ2n) is 7.10. The predicted molar refractivity (Wildman–Crippen MR) is 122 cm³/mol. The average molecular weight is 439 g/mol. The van der Waals surface area contributed by atoms with Crippen LogP contribution in [-0.4, -0.2) is 74.1 Å². The summed E-state index contributed by atoms with van der Waals surface area (Å²) in [5.41, 5.74) is 1.16. The molecule has 1 aromatic heterocycles. The predicted octanol–water partition coefficient (Wildman–Crippen LogP) is 3.42. The first-order valence-electron chi connectivity index (χ1n) is 9.93. The molecule has 0 N–H and O–H groups in total. The SMILES string of the molecule is CCCc1ncc(C(=O)N(C)CCN2CCN(c3ccccc3OC)CC2)s1.Cl. The van der Waals surface area contributed by atoms with E-state index in [-0.39, 0.29) is 18.3 Å². The van der Waals surface area contributed by atoms with E-state index >= 15 is 0 Å². The third kappa shape index (κ3) is 6.07. The molecule has 1 fully saturated rings. The van der Waals surface area contributed by atoms with Crippen molar-refractivity contribution in [3.8, 4) is 5.75 Å². The van der Waals surface area contributed by atoms with E-state index in [1.165, 1.54) is 11.3 Å². The zero-order valence-corrected chi connectivity index (χ0v) is 19.1. The number of piperazine rings is 1. The van der Waals surface area contributed by atoms with Crippen LogP contribution in [0.15, 0.2) is 30.5 Å². The molecule has 2 heterocycles. The number of amides is 1. The maximum Gasteiger partial charge on any atom is 0.265 e. The van der Waals surface area contributed by atoms with Gasteiger partial charge < -0.3 is 14.5 Å². The van der Waals surface area contributed by atoms with Crippen molar-refractivity contribution in [3.63, 3.8) is 0 Å². The molecule has 0 saturated carbocycles. The topological polar surface area (TPSA) is 48.9 Å². The number of aromatic nitrogens is 1. The van der Waals surface area contributed by atoms with Crippen molar-refractivity contribution in [2.45, 2.75) is 19.8 Å². The van der Waals surface area contributed by atoms with Gasteiger partial charge in [-0.1, -0.05) is 19.1 Å². The fraction of sp³-hybridized carbons (Fsp3) is 0.524. The molecule has 0 unspecified atom stereocenters. The Bertz CT molecular complexity index is 778. The van der Waals surface area contributed by atoms with Gasteiger partial charge in [-0.05, 0) is 25.0 Å². The largest absolute Gasteiger partial charge is 0.495 e.